The van der Waals surface area contributed by atoms with Gasteiger partial charge in [0.05, 0.1) is 11.9 Å². The second kappa shape index (κ2) is 7.12. The third kappa shape index (κ3) is 3.30. The molecule has 0 radical (unpaired) electrons. The zero-order valence-electron chi connectivity index (χ0n) is 15.5. The van der Waals surface area contributed by atoms with E-state index in [0.29, 0.717) is 6.04 Å². The van der Waals surface area contributed by atoms with E-state index >= 15 is 0 Å². The molecule has 2 aromatic rings. The minimum atomic E-state index is -0.757. The highest BCUT2D eigenvalue weighted by molar-refractivity contribution is 7.19. The van der Waals surface area contributed by atoms with Gasteiger partial charge in [0.25, 0.3) is 0 Å². The van der Waals surface area contributed by atoms with Gasteiger partial charge in [0.2, 0.25) is 0 Å². The van der Waals surface area contributed by atoms with Crippen molar-refractivity contribution in [2.75, 3.05) is 31.6 Å². The molecule has 0 bridgehead atoms. The molecule has 7 heteroatoms. The molecule has 0 unspecified atom stereocenters. The Morgan fingerprint density at radius 2 is 2.00 bits per heavy atom. The molecular formula is C19H26N4O2S. The first-order valence-electron chi connectivity index (χ1n) is 9.49. The molecule has 0 aromatic carbocycles. The van der Waals surface area contributed by atoms with Crippen molar-refractivity contribution in [3.63, 3.8) is 0 Å². The number of likely N-dealkylation sites (N-methyl/N-ethyl adjacent to an activating group) is 1. The molecule has 6 nitrogen and oxygen atoms in total. The minimum absolute atomic E-state index is 0.111. The number of aliphatic carboxylic acids is 1. The fourth-order valence-electron chi connectivity index (χ4n) is 4.33. The number of carboxylic acid groups (broad SMARTS) is 1. The Labute approximate surface area is 157 Å². The van der Waals surface area contributed by atoms with Crippen LogP contribution in [0.25, 0.3) is 10.2 Å². The molecule has 0 atom stereocenters. The first-order chi connectivity index (χ1) is 12.5. The zero-order valence-corrected chi connectivity index (χ0v) is 16.3. The summed E-state index contributed by atoms with van der Waals surface area (Å²) < 4.78 is 0. The van der Waals surface area contributed by atoms with Crippen LogP contribution in [0.5, 0.6) is 0 Å². The van der Waals surface area contributed by atoms with E-state index in [9.17, 15) is 4.79 Å². The number of aromatic nitrogens is 2. The van der Waals surface area contributed by atoms with Crippen LogP contribution >= 0.6 is 11.3 Å². The van der Waals surface area contributed by atoms with Gasteiger partial charge in [-0.15, -0.1) is 11.3 Å². The maximum Gasteiger partial charge on any atom is 0.317 e. The largest absolute Gasteiger partial charge is 0.480 e. The van der Waals surface area contributed by atoms with Crippen molar-refractivity contribution in [2.24, 2.45) is 0 Å². The van der Waals surface area contributed by atoms with Gasteiger partial charge in [-0.2, -0.15) is 0 Å². The standard InChI is InChI=1S/C19H26N4O2S/c1-12-20-18(17-14-5-3-4-6-15(14)26-19(17)21-12)23-9-7-13(8-10-23)22(2)11-16(24)25/h13H,3-11H2,1-2H3,(H,24,25). The lowest BCUT2D eigenvalue weighted by Gasteiger charge is -2.37. The molecule has 26 heavy (non-hydrogen) atoms. The van der Waals surface area contributed by atoms with Crippen LogP contribution in [0.1, 0.15) is 41.9 Å². The lowest BCUT2D eigenvalue weighted by Crippen LogP contribution is -2.45. The van der Waals surface area contributed by atoms with E-state index in [-0.39, 0.29) is 6.54 Å². The highest BCUT2D eigenvalue weighted by Crippen LogP contribution is 2.40. The van der Waals surface area contributed by atoms with Gasteiger partial charge in [0, 0.05) is 24.0 Å². The van der Waals surface area contributed by atoms with E-state index in [0.717, 1.165) is 48.8 Å². The van der Waals surface area contributed by atoms with E-state index in [4.69, 9.17) is 15.1 Å². The monoisotopic (exact) mass is 374 g/mol. The number of carboxylic acids is 1. The van der Waals surface area contributed by atoms with Crippen LogP contribution in [0.4, 0.5) is 5.82 Å². The van der Waals surface area contributed by atoms with E-state index in [1.807, 2.05) is 30.2 Å². The molecule has 2 aliphatic rings. The Morgan fingerprint density at radius 3 is 2.73 bits per heavy atom. The van der Waals surface area contributed by atoms with E-state index in [2.05, 4.69) is 4.90 Å². The first kappa shape index (κ1) is 17.7. The number of thiophene rings is 1. The fraction of sp³-hybridized carbons (Fsp3) is 0.632. The maximum atomic E-state index is 11.0. The van der Waals surface area contributed by atoms with Crippen molar-refractivity contribution in [1.29, 1.82) is 0 Å². The SMILES string of the molecule is Cc1nc(N2CCC(N(C)CC(=O)O)CC2)c2c3c(sc2n1)CCCC3. The Balaban J connectivity index is 1.60. The molecular weight excluding hydrogens is 348 g/mol. The predicted molar refractivity (Wildman–Crippen MR) is 104 cm³/mol. The highest BCUT2D eigenvalue weighted by Gasteiger charge is 2.28. The van der Waals surface area contributed by atoms with Crippen LogP contribution in [0.2, 0.25) is 0 Å². The summed E-state index contributed by atoms with van der Waals surface area (Å²) >= 11 is 1.85. The Kier molecular flexibility index (Phi) is 4.84. The quantitative estimate of drug-likeness (QED) is 0.887. The van der Waals surface area contributed by atoms with Crippen molar-refractivity contribution in [3.05, 3.63) is 16.3 Å². The Morgan fingerprint density at radius 1 is 1.27 bits per heavy atom. The number of anilines is 1. The van der Waals surface area contributed by atoms with Gasteiger partial charge >= 0.3 is 5.97 Å². The van der Waals surface area contributed by atoms with E-state index < -0.39 is 5.97 Å². The highest BCUT2D eigenvalue weighted by atomic mass is 32.1. The van der Waals surface area contributed by atoms with Gasteiger partial charge in [-0.3, -0.25) is 9.69 Å². The minimum Gasteiger partial charge on any atom is -0.480 e. The van der Waals surface area contributed by atoms with Gasteiger partial charge < -0.3 is 10.0 Å². The molecule has 1 N–H and O–H groups in total. The number of carbonyl (C=O) groups is 1. The molecule has 140 valence electrons. The van der Waals surface area contributed by atoms with Gasteiger partial charge in [-0.25, -0.2) is 9.97 Å². The predicted octanol–water partition coefficient (Wildman–Crippen LogP) is 2.86. The van der Waals surface area contributed by atoms with E-state index in [1.165, 1.54) is 35.1 Å². The van der Waals surface area contributed by atoms with Crippen molar-refractivity contribution >= 4 is 33.3 Å². The van der Waals surface area contributed by atoms with Crippen molar-refractivity contribution in [1.82, 2.24) is 14.9 Å². The number of rotatable bonds is 4. The number of nitrogens with zero attached hydrogens (tertiary/aromatic N) is 4. The van der Waals surface area contributed by atoms with Crippen molar-refractivity contribution in [2.45, 2.75) is 51.5 Å². The van der Waals surface area contributed by atoms with Crippen molar-refractivity contribution in [3.8, 4) is 0 Å². The summed E-state index contributed by atoms with van der Waals surface area (Å²) in [4.78, 5) is 27.5. The van der Waals surface area contributed by atoms with Crippen LogP contribution in [0.15, 0.2) is 0 Å². The average Bonchev–Trinajstić information content (AvgIpc) is 2.98. The average molecular weight is 375 g/mol. The van der Waals surface area contributed by atoms with Crippen LogP contribution in [-0.4, -0.2) is 58.7 Å². The number of piperidine rings is 1. The summed E-state index contributed by atoms with van der Waals surface area (Å²) in [7, 11) is 1.91. The maximum absolute atomic E-state index is 11.0. The molecule has 1 aliphatic heterocycles. The number of fused-ring (bicyclic) bond motifs is 3. The summed E-state index contributed by atoms with van der Waals surface area (Å²) in [6.45, 7) is 3.93. The molecule has 0 amide bonds. The third-order valence-electron chi connectivity index (χ3n) is 5.68. The Bertz CT molecular complexity index is 827. The molecule has 1 aliphatic carbocycles. The Hall–Kier alpha value is -1.73. The van der Waals surface area contributed by atoms with E-state index in [1.54, 1.807) is 0 Å². The molecule has 1 saturated heterocycles. The molecule has 2 aromatic heterocycles. The summed E-state index contributed by atoms with van der Waals surface area (Å²) in [5, 5.41) is 10.3. The first-order valence-corrected chi connectivity index (χ1v) is 10.3. The fourth-order valence-corrected chi connectivity index (χ4v) is 5.63. The van der Waals surface area contributed by atoms with Crippen molar-refractivity contribution < 1.29 is 9.90 Å². The third-order valence-corrected chi connectivity index (χ3v) is 6.87. The van der Waals surface area contributed by atoms with Gasteiger partial charge in [0.1, 0.15) is 16.5 Å². The lowest BCUT2D eigenvalue weighted by atomic mass is 9.96. The molecule has 1 fully saturated rings. The van der Waals surface area contributed by atoms with Crippen LogP contribution in [0.3, 0.4) is 0 Å². The molecule has 0 saturated carbocycles. The lowest BCUT2D eigenvalue weighted by molar-refractivity contribution is -0.138. The van der Waals surface area contributed by atoms with Gasteiger partial charge in [0.15, 0.2) is 0 Å². The van der Waals surface area contributed by atoms with Gasteiger partial charge in [-0.1, -0.05) is 0 Å². The van der Waals surface area contributed by atoms with Crippen LogP contribution in [0, 0.1) is 6.92 Å². The summed E-state index contributed by atoms with van der Waals surface area (Å²) in [6, 6.07) is 0.331. The van der Waals surface area contributed by atoms with Crippen LogP contribution < -0.4 is 4.90 Å². The topological polar surface area (TPSA) is 69.6 Å². The van der Waals surface area contributed by atoms with Crippen LogP contribution in [-0.2, 0) is 17.6 Å². The number of hydrogen-bond acceptors (Lipinski definition) is 6. The summed E-state index contributed by atoms with van der Waals surface area (Å²) in [6.07, 6.45) is 6.81. The normalized spacial score (nSPS) is 18.5. The number of aryl methyl sites for hydroxylation is 3. The van der Waals surface area contributed by atoms with Gasteiger partial charge in [-0.05, 0) is 58.1 Å². The smallest absolute Gasteiger partial charge is 0.317 e. The number of hydrogen-bond donors (Lipinski definition) is 1. The zero-order chi connectivity index (χ0) is 18.3. The summed E-state index contributed by atoms with van der Waals surface area (Å²) in [5.41, 5.74) is 1.48. The molecule has 4 rings (SSSR count). The second-order valence-electron chi connectivity index (χ2n) is 7.51. The summed E-state index contributed by atoms with van der Waals surface area (Å²) in [5.74, 6) is 1.19. The molecule has 3 heterocycles. The second-order valence-corrected chi connectivity index (χ2v) is 8.60. The molecule has 0 spiro atoms.